The smallest absolute Gasteiger partial charge is 0.319 e. The summed E-state index contributed by atoms with van der Waals surface area (Å²) in [4.78, 5) is 16.6. The van der Waals surface area contributed by atoms with Crippen molar-refractivity contribution >= 4 is 11.7 Å². The molecule has 1 aromatic carbocycles. The number of carbonyl (C=O) groups excluding carboxylic acids is 1. The zero-order chi connectivity index (χ0) is 17.8. The van der Waals surface area contributed by atoms with Gasteiger partial charge in [0, 0.05) is 17.7 Å². The highest BCUT2D eigenvalue weighted by molar-refractivity contribution is 5.91. The second-order valence-corrected chi connectivity index (χ2v) is 6.46. The lowest BCUT2D eigenvalue weighted by atomic mass is 9.93. The maximum atomic E-state index is 12.3. The van der Waals surface area contributed by atoms with Crippen LogP contribution in [0.2, 0.25) is 0 Å². The Morgan fingerprint density at radius 2 is 2.16 bits per heavy atom. The minimum absolute atomic E-state index is 0.194. The van der Waals surface area contributed by atoms with Crippen molar-refractivity contribution in [2.45, 2.75) is 58.1 Å². The molecule has 0 spiro atoms. The van der Waals surface area contributed by atoms with Crippen LogP contribution >= 0.6 is 0 Å². The standard InChI is InChI=1S/C18H24N4O3/c1-3-16-21-17(25-22-16)12-9-8-11(2)14(10-12)20-18(24)19-13-6-4-5-7-15(13)23/h8-10,13,15,23H,3-7H2,1-2H3,(H2,19,20,24). The molecule has 1 saturated carbocycles. The number of aromatic nitrogens is 2. The highest BCUT2D eigenvalue weighted by Crippen LogP contribution is 2.25. The summed E-state index contributed by atoms with van der Waals surface area (Å²) in [7, 11) is 0. The third-order valence-electron chi connectivity index (χ3n) is 4.56. The Kier molecular flexibility index (Phi) is 5.33. The number of aliphatic hydroxyl groups is 1. The number of benzene rings is 1. The first-order valence-corrected chi connectivity index (χ1v) is 8.76. The molecule has 7 nitrogen and oxygen atoms in total. The minimum Gasteiger partial charge on any atom is -0.391 e. The van der Waals surface area contributed by atoms with E-state index in [2.05, 4.69) is 20.8 Å². The number of aliphatic hydroxyl groups excluding tert-OH is 1. The van der Waals surface area contributed by atoms with Crippen LogP contribution in [0.15, 0.2) is 22.7 Å². The average Bonchev–Trinajstić information content (AvgIpc) is 3.08. The second-order valence-electron chi connectivity index (χ2n) is 6.46. The Morgan fingerprint density at radius 1 is 1.36 bits per heavy atom. The topological polar surface area (TPSA) is 100 Å². The van der Waals surface area contributed by atoms with Crippen LogP contribution in [0, 0.1) is 6.92 Å². The number of rotatable bonds is 4. The summed E-state index contributed by atoms with van der Waals surface area (Å²) in [6.07, 6.45) is 3.79. The molecule has 25 heavy (non-hydrogen) atoms. The fraction of sp³-hybridized carbons (Fsp3) is 0.500. The van der Waals surface area contributed by atoms with Gasteiger partial charge in [-0.3, -0.25) is 0 Å². The van der Waals surface area contributed by atoms with Gasteiger partial charge >= 0.3 is 6.03 Å². The highest BCUT2D eigenvalue weighted by atomic mass is 16.5. The van der Waals surface area contributed by atoms with Gasteiger partial charge in [0.25, 0.3) is 5.89 Å². The van der Waals surface area contributed by atoms with E-state index < -0.39 is 6.10 Å². The normalized spacial score (nSPS) is 20.3. The van der Waals surface area contributed by atoms with Gasteiger partial charge in [-0.1, -0.05) is 31.0 Å². The van der Waals surface area contributed by atoms with Crippen molar-refractivity contribution in [2.24, 2.45) is 0 Å². The Hall–Kier alpha value is -2.41. The number of carbonyl (C=O) groups is 1. The molecule has 0 aliphatic heterocycles. The second kappa shape index (κ2) is 7.65. The molecule has 134 valence electrons. The fourth-order valence-corrected chi connectivity index (χ4v) is 3.01. The zero-order valence-corrected chi connectivity index (χ0v) is 14.6. The molecule has 3 N–H and O–H groups in total. The largest absolute Gasteiger partial charge is 0.391 e. The van der Waals surface area contributed by atoms with Crippen molar-refractivity contribution in [3.63, 3.8) is 0 Å². The van der Waals surface area contributed by atoms with Gasteiger partial charge in [0.2, 0.25) is 0 Å². The van der Waals surface area contributed by atoms with Gasteiger partial charge in [0.05, 0.1) is 12.1 Å². The molecule has 0 radical (unpaired) electrons. The summed E-state index contributed by atoms with van der Waals surface area (Å²) < 4.78 is 5.25. The van der Waals surface area contributed by atoms with Crippen LogP contribution in [-0.2, 0) is 6.42 Å². The molecule has 3 rings (SSSR count). The van der Waals surface area contributed by atoms with Crippen LogP contribution < -0.4 is 10.6 Å². The molecule has 1 heterocycles. The molecule has 2 amide bonds. The molecule has 2 atom stereocenters. The van der Waals surface area contributed by atoms with Crippen LogP contribution in [-0.4, -0.2) is 33.4 Å². The molecule has 0 saturated heterocycles. The number of hydrogen-bond donors (Lipinski definition) is 3. The maximum absolute atomic E-state index is 12.3. The van der Waals surface area contributed by atoms with E-state index in [4.69, 9.17) is 4.52 Å². The predicted octanol–water partition coefficient (Wildman–Crippen LogP) is 3.03. The summed E-state index contributed by atoms with van der Waals surface area (Å²) in [6.45, 7) is 3.88. The maximum Gasteiger partial charge on any atom is 0.319 e. The van der Waals surface area contributed by atoms with Crippen LogP contribution in [0.4, 0.5) is 10.5 Å². The fourth-order valence-electron chi connectivity index (χ4n) is 3.01. The number of amides is 2. The van der Waals surface area contributed by atoms with E-state index in [-0.39, 0.29) is 12.1 Å². The Balaban J connectivity index is 1.71. The van der Waals surface area contributed by atoms with E-state index in [1.807, 2.05) is 32.0 Å². The van der Waals surface area contributed by atoms with Crippen molar-refractivity contribution in [1.29, 1.82) is 0 Å². The van der Waals surface area contributed by atoms with E-state index in [0.29, 0.717) is 23.8 Å². The summed E-state index contributed by atoms with van der Waals surface area (Å²) in [5.41, 5.74) is 2.36. The predicted molar refractivity (Wildman–Crippen MR) is 94.3 cm³/mol. The molecule has 1 aromatic heterocycles. The number of nitrogens with zero attached hydrogens (tertiary/aromatic N) is 2. The van der Waals surface area contributed by atoms with Gasteiger partial charge in [-0.2, -0.15) is 4.98 Å². The van der Waals surface area contributed by atoms with Crippen molar-refractivity contribution in [2.75, 3.05) is 5.32 Å². The van der Waals surface area contributed by atoms with Crippen LogP contribution in [0.1, 0.15) is 44.0 Å². The molecular formula is C18H24N4O3. The number of aryl methyl sites for hydroxylation is 2. The average molecular weight is 344 g/mol. The van der Waals surface area contributed by atoms with E-state index in [1.54, 1.807) is 0 Å². The van der Waals surface area contributed by atoms with E-state index in [1.165, 1.54) is 0 Å². The molecule has 0 bridgehead atoms. The lowest BCUT2D eigenvalue weighted by Gasteiger charge is -2.28. The third-order valence-corrected chi connectivity index (χ3v) is 4.56. The van der Waals surface area contributed by atoms with Crippen molar-refractivity contribution in [3.8, 4) is 11.5 Å². The summed E-state index contributed by atoms with van der Waals surface area (Å²) >= 11 is 0. The lowest BCUT2D eigenvalue weighted by molar-refractivity contribution is 0.0955. The van der Waals surface area contributed by atoms with Crippen molar-refractivity contribution < 1.29 is 14.4 Å². The van der Waals surface area contributed by atoms with Gasteiger partial charge in [-0.15, -0.1) is 0 Å². The van der Waals surface area contributed by atoms with E-state index in [0.717, 1.165) is 36.8 Å². The Labute approximate surface area is 146 Å². The SMILES string of the molecule is CCc1noc(-c2ccc(C)c(NC(=O)NC3CCCCC3O)c2)n1. The number of nitrogens with one attached hydrogen (secondary N) is 2. The first kappa shape index (κ1) is 17.4. The zero-order valence-electron chi connectivity index (χ0n) is 14.6. The van der Waals surface area contributed by atoms with Gasteiger partial charge in [-0.25, -0.2) is 4.79 Å². The summed E-state index contributed by atoms with van der Waals surface area (Å²) in [6, 6.07) is 5.09. The molecular weight excluding hydrogens is 320 g/mol. The Bertz CT molecular complexity index is 744. The quantitative estimate of drug-likeness (QED) is 0.791. The third kappa shape index (κ3) is 4.17. The van der Waals surface area contributed by atoms with Crippen LogP contribution in [0.25, 0.3) is 11.5 Å². The van der Waals surface area contributed by atoms with E-state index >= 15 is 0 Å². The van der Waals surface area contributed by atoms with Gasteiger partial charge in [0.15, 0.2) is 5.82 Å². The van der Waals surface area contributed by atoms with Crippen molar-refractivity contribution in [1.82, 2.24) is 15.5 Å². The molecule has 1 aliphatic carbocycles. The summed E-state index contributed by atoms with van der Waals surface area (Å²) in [5.74, 6) is 1.08. The summed E-state index contributed by atoms with van der Waals surface area (Å²) in [5, 5.41) is 19.6. The van der Waals surface area contributed by atoms with Gasteiger partial charge in [-0.05, 0) is 37.5 Å². The van der Waals surface area contributed by atoms with Crippen LogP contribution in [0.3, 0.4) is 0 Å². The molecule has 1 aliphatic rings. The molecule has 7 heteroatoms. The number of urea groups is 1. The van der Waals surface area contributed by atoms with E-state index in [9.17, 15) is 9.90 Å². The number of anilines is 1. The van der Waals surface area contributed by atoms with Crippen molar-refractivity contribution in [3.05, 3.63) is 29.6 Å². The monoisotopic (exact) mass is 344 g/mol. The van der Waals surface area contributed by atoms with Crippen LogP contribution in [0.5, 0.6) is 0 Å². The lowest BCUT2D eigenvalue weighted by Crippen LogP contribution is -2.46. The first-order valence-electron chi connectivity index (χ1n) is 8.76. The van der Waals surface area contributed by atoms with Gasteiger partial charge < -0.3 is 20.3 Å². The first-order chi connectivity index (χ1) is 12.1. The Morgan fingerprint density at radius 3 is 2.88 bits per heavy atom. The minimum atomic E-state index is -0.474. The molecule has 2 aromatic rings. The molecule has 2 unspecified atom stereocenters. The number of hydrogen-bond acceptors (Lipinski definition) is 5. The highest BCUT2D eigenvalue weighted by Gasteiger charge is 2.24. The molecule has 1 fully saturated rings. The van der Waals surface area contributed by atoms with Gasteiger partial charge in [0.1, 0.15) is 0 Å².